The first-order valence-corrected chi connectivity index (χ1v) is 8.80. The molecule has 0 spiro atoms. The van der Waals surface area contributed by atoms with Crippen molar-refractivity contribution in [1.29, 1.82) is 0 Å². The topological polar surface area (TPSA) is 32.7 Å². The van der Waals surface area contributed by atoms with Gasteiger partial charge in [0.15, 0.2) is 0 Å². The maximum atomic E-state index is 10.4. The molecule has 1 fully saturated rings. The number of aliphatic hydroxyl groups is 1. The predicted molar refractivity (Wildman–Crippen MR) is 97.4 cm³/mol. The molecule has 0 aromatic heterocycles. The van der Waals surface area contributed by atoms with Crippen molar-refractivity contribution >= 4 is 0 Å². The summed E-state index contributed by atoms with van der Waals surface area (Å²) in [4.78, 5) is 2.39. The normalized spacial score (nSPS) is 19.4. The van der Waals surface area contributed by atoms with Crippen molar-refractivity contribution in [2.45, 2.75) is 38.8 Å². The molecule has 3 rings (SSSR count). The van der Waals surface area contributed by atoms with Crippen LogP contribution in [0.2, 0.25) is 0 Å². The molecule has 1 saturated heterocycles. The van der Waals surface area contributed by atoms with E-state index in [1.54, 1.807) is 0 Å². The fourth-order valence-corrected chi connectivity index (χ4v) is 3.53. The van der Waals surface area contributed by atoms with Crippen molar-refractivity contribution in [3.8, 4) is 5.75 Å². The quantitative estimate of drug-likeness (QED) is 0.875. The van der Waals surface area contributed by atoms with Gasteiger partial charge < -0.3 is 9.84 Å². The summed E-state index contributed by atoms with van der Waals surface area (Å²) in [6.07, 6.45) is 1.87. The summed E-state index contributed by atoms with van der Waals surface area (Å²) in [6, 6.07) is 17.1. The molecule has 0 radical (unpaired) electrons. The highest BCUT2D eigenvalue weighted by atomic mass is 16.5. The van der Waals surface area contributed by atoms with Gasteiger partial charge in [0.2, 0.25) is 0 Å². The Balaban J connectivity index is 1.57. The van der Waals surface area contributed by atoms with Gasteiger partial charge in [-0.1, -0.05) is 48.0 Å². The van der Waals surface area contributed by atoms with E-state index in [2.05, 4.69) is 36.1 Å². The fraction of sp³-hybridized carbons (Fsp3) is 0.429. The highest BCUT2D eigenvalue weighted by molar-refractivity contribution is 5.31. The summed E-state index contributed by atoms with van der Waals surface area (Å²) in [7, 11) is 0. The van der Waals surface area contributed by atoms with Gasteiger partial charge in [-0.25, -0.2) is 0 Å². The van der Waals surface area contributed by atoms with Gasteiger partial charge in [0.1, 0.15) is 18.5 Å². The summed E-state index contributed by atoms with van der Waals surface area (Å²) in [6.45, 7) is 6.19. The van der Waals surface area contributed by atoms with E-state index in [-0.39, 0.29) is 0 Å². The minimum atomic E-state index is -0.477. The second-order valence-electron chi connectivity index (χ2n) is 6.80. The average Bonchev–Trinajstić information content (AvgIpc) is 3.02. The van der Waals surface area contributed by atoms with E-state index in [0.29, 0.717) is 19.2 Å². The number of rotatable bonds is 6. The first-order valence-electron chi connectivity index (χ1n) is 8.80. The second kappa shape index (κ2) is 7.82. The maximum absolute atomic E-state index is 10.4. The van der Waals surface area contributed by atoms with Crippen LogP contribution in [0.25, 0.3) is 0 Å². The molecule has 2 aromatic rings. The SMILES string of the molecule is Cc1cccc([C@H]2CCCN2C[C@H](O)COc2ccccc2C)c1. The first-order chi connectivity index (χ1) is 11.6. The van der Waals surface area contributed by atoms with Crippen molar-refractivity contribution < 1.29 is 9.84 Å². The number of likely N-dealkylation sites (tertiary alicyclic amines) is 1. The Morgan fingerprint density at radius 2 is 2.00 bits per heavy atom. The highest BCUT2D eigenvalue weighted by Crippen LogP contribution is 2.32. The van der Waals surface area contributed by atoms with Gasteiger partial charge in [-0.15, -0.1) is 0 Å². The number of hydrogen-bond donors (Lipinski definition) is 1. The Morgan fingerprint density at radius 1 is 1.17 bits per heavy atom. The molecular formula is C21H27NO2. The average molecular weight is 325 g/mol. The Kier molecular flexibility index (Phi) is 5.54. The van der Waals surface area contributed by atoms with Crippen molar-refractivity contribution in [3.63, 3.8) is 0 Å². The lowest BCUT2D eigenvalue weighted by atomic mass is 10.0. The molecule has 2 aromatic carbocycles. The van der Waals surface area contributed by atoms with Crippen LogP contribution in [-0.2, 0) is 0 Å². The fourth-order valence-electron chi connectivity index (χ4n) is 3.53. The number of hydrogen-bond acceptors (Lipinski definition) is 3. The summed E-state index contributed by atoms with van der Waals surface area (Å²) in [5.41, 5.74) is 3.76. The van der Waals surface area contributed by atoms with Gasteiger partial charge in [-0.05, 0) is 50.4 Å². The molecule has 1 N–H and O–H groups in total. The van der Waals surface area contributed by atoms with Crippen LogP contribution in [0.15, 0.2) is 48.5 Å². The van der Waals surface area contributed by atoms with Crippen LogP contribution in [0.4, 0.5) is 0 Å². The molecule has 3 heteroatoms. The zero-order chi connectivity index (χ0) is 16.9. The van der Waals surface area contributed by atoms with Crippen LogP contribution in [0, 0.1) is 13.8 Å². The van der Waals surface area contributed by atoms with Crippen LogP contribution in [0.3, 0.4) is 0 Å². The molecule has 3 nitrogen and oxygen atoms in total. The molecule has 0 amide bonds. The Morgan fingerprint density at radius 3 is 2.79 bits per heavy atom. The Labute approximate surface area is 144 Å². The van der Waals surface area contributed by atoms with Crippen LogP contribution >= 0.6 is 0 Å². The van der Waals surface area contributed by atoms with Gasteiger partial charge in [-0.3, -0.25) is 4.90 Å². The molecule has 1 aliphatic heterocycles. The van der Waals surface area contributed by atoms with Crippen LogP contribution in [-0.4, -0.2) is 35.8 Å². The molecule has 24 heavy (non-hydrogen) atoms. The maximum Gasteiger partial charge on any atom is 0.122 e. The first kappa shape index (κ1) is 17.0. The molecule has 0 saturated carbocycles. The van der Waals surface area contributed by atoms with Crippen LogP contribution in [0.1, 0.15) is 35.6 Å². The summed E-state index contributed by atoms with van der Waals surface area (Å²) >= 11 is 0. The molecule has 2 atom stereocenters. The monoisotopic (exact) mass is 325 g/mol. The second-order valence-corrected chi connectivity index (χ2v) is 6.80. The third-order valence-corrected chi connectivity index (χ3v) is 4.76. The van der Waals surface area contributed by atoms with Crippen molar-refractivity contribution in [2.24, 2.45) is 0 Å². The number of ether oxygens (including phenoxy) is 1. The number of benzene rings is 2. The molecular weight excluding hydrogens is 298 g/mol. The van der Waals surface area contributed by atoms with E-state index in [0.717, 1.165) is 24.3 Å². The van der Waals surface area contributed by atoms with Gasteiger partial charge >= 0.3 is 0 Å². The van der Waals surface area contributed by atoms with E-state index in [1.807, 2.05) is 31.2 Å². The number of aryl methyl sites for hydroxylation is 2. The standard InChI is InChI=1S/C21H27NO2/c1-16-7-5-9-18(13-16)20-10-6-12-22(20)14-19(23)15-24-21-11-4-3-8-17(21)2/h3-5,7-9,11,13,19-20,23H,6,10,12,14-15H2,1-2H3/t19-,20+/m0/s1. The number of nitrogens with zero attached hydrogens (tertiary/aromatic N) is 1. The van der Waals surface area contributed by atoms with E-state index < -0.39 is 6.10 Å². The Bertz CT molecular complexity index is 670. The molecule has 0 bridgehead atoms. The minimum Gasteiger partial charge on any atom is -0.491 e. The molecule has 1 heterocycles. The van der Waals surface area contributed by atoms with E-state index in [4.69, 9.17) is 4.74 Å². The van der Waals surface area contributed by atoms with Gasteiger partial charge in [0, 0.05) is 12.6 Å². The molecule has 0 aliphatic carbocycles. The number of aliphatic hydroxyl groups excluding tert-OH is 1. The predicted octanol–water partition coefficient (Wildman–Crippen LogP) is 3.88. The lowest BCUT2D eigenvalue weighted by molar-refractivity contribution is 0.0636. The largest absolute Gasteiger partial charge is 0.491 e. The third-order valence-electron chi connectivity index (χ3n) is 4.76. The van der Waals surface area contributed by atoms with Crippen molar-refractivity contribution in [3.05, 3.63) is 65.2 Å². The molecule has 1 aliphatic rings. The van der Waals surface area contributed by atoms with E-state index in [9.17, 15) is 5.11 Å². The molecule has 128 valence electrons. The minimum absolute atomic E-state index is 0.335. The van der Waals surface area contributed by atoms with Crippen LogP contribution < -0.4 is 4.74 Å². The summed E-state index contributed by atoms with van der Waals surface area (Å²) < 4.78 is 5.79. The smallest absolute Gasteiger partial charge is 0.122 e. The third kappa shape index (κ3) is 4.16. The van der Waals surface area contributed by atoms with Crippen molar-refractivity contribution in [2.75, 3.05) is 19.7 Å². The lowest BCUT2D eigenvalue weighted by Gasteiger charge is -2.27. The zero-order valence-electron chi connectivity index (χ0n) is 14.6. The Hall–Kier alpha value is -1.84. The van der Waals surface area contributed by atoms with Crippen LogP contribution in [0.5, 0.6) is 5.75 Å². The van der Waals surface area contributed by atoms with Gasteiger partial charge in [-0.2, -0.15) is 0 Å². The van der Waals surface area contributed by atoms with E-state index >= 15 is 0 Å². The summed E-state index contributed by atoms with van der Waals surface area (Å²) in [5, 5.41) is 10.4. The van der Waals surface area contributed by atoms with Crippen molar-refractivity contribution in [1.82, 2.24) is 4.90 Å². The number of β-amino-alcohol motifs (C(OH)–C–C–N with tert-alkyl or cyclic N) is 1. The highest BCUT2D eigenvalue weighted by Gasteiger charge is 2.27. The molecule has 0 unspecified atom stereocenters. The van der Waals surface area contributed by atoms with Gasteiger partial charge in [0.25, 0.3) is 0 Å². The summed E-state index contributed by atoms with van der Waals surface area (Å²) in [5.74, 6) is 0.855. The van der Waals surface area contributed by atoms with E-state index in [1.165, 1.54) is 17.5 Å². The number of para-hydroxylation sites is 1. The van der Waals surface area contributed by atoms with Gasteiger partial charge in [0.05, 0.1) is 0 Å². The zero-order valence-corrected chi connectivity index (χ0v) is 14.6. The lowest BCUT2D eigenvalue weighted by Crippen LogP contribution is -2.35.